The van der Waals surface area contributed by atoms with Crippen LogP contribution in [0.1, 0.15) is 23.7 Å². The molecule has 2 rings (SSSR count). The van der Waals surface area contributed by atoms with Crippen LogP contribution in [0.25, 0.3) is 0 Å². The predicted octanol–water partition coefficient (Wildman–Crippen LogP) is 1.45. The molecule has 1 fully saturated rings. The molecule has 1 saturated heterocycles. The molecule has 86 valence electrons. The Kier molecular flexibility index (Phi) is 3.10. The third-order valence-corrected chi connectivity index (χ3v) is 3.01. The first-order chi connectivity index (χ1) is 7.70. The molecule has 0 radical (unpaired) electrons. The largest absolute Gasteiger partial charge is 0.338 e. The van der Waals surface area contributed by atoms with Crippen molar-refractivity contribution < 1.29 is 4.79 Å². The topological polar surface area (TPSA) is 58.4 Å². The van der Waals surface area contributed by atoms with Gasteiger partial charge in [-0.3, -0.25) is 10.6 Å². The minimum Gasteiger partial charge on any atom is -0.338 e. The molecular formula is C12H17N3O. The van der Waals surface area contributed by atoms with E-state index in [2.05, 4.69) is 12.3 Å². The number of rotatable bonds is 2. The lowest BCUT2D eigenvalue weighted by Gasteiger charge is -2.15. The minimum absolute atomic E-state index is 0.118. The van der Waals surface area contributed by atoms with Gasteiger partial charge in [0.05, 0.1) is 0 Å². The molecule has 1 heterocycles. The molecule has 16 heavy (non-hydrogen) atoms. The second kappa shape index (κ2) is 4.53. The summed E-state index contributed by atoms with van der Waals surface area (Å²) in [7, 11) is 0. The number of nitrogen functional groups attached to an aromatic ring is 1. The van der Waals surface area contributed by atoms with Crippen LogP contribution in [0, 0.1) is 5.92 Å². The Labute approximate surface area is 95.4 Å². The van der Waals surface area contributed by atoms with Crippen molar-refractivity contribution in [3.63, 3.8) is 0 Å². The maximum Gasteiger partial charge on any atom is 0.253 e. The number of carbonyl (C=O) groups excluding carboxylic acids is 1. The zero-order valence-electron chi connectivity index (χ0n) is 9.44. The molecule has 1 aliphatic rings. The van der Waals surface area contributed by atoms with E-state index >= 15 is 0 Å². The van der Waals surface area contributed by atoms with Gasteiger partial charge in [0.1, 0.15) is 0 Å². The molecule has 1 aromatic rings. The van der Waals surface area contributed by atoms with E-state index in [0.717, 1.165) is 30.8 Å². The van der Waals surface area contributed by atoms with Gasteiger partial charge in [-0.2, -0.15) is 0 Å². The van der Waals surface area contributed by atoms with Crippen LogP contribution >= 0.6 is 0 Å². The fourth-order valence-corrected chi connectivity index (χ4v) is 2.01. The summed E-state index contributed by atoms with van der Waals surface area (Å²) in [5, 5.41) is 0. The van der Waals surface area contributed by atoms with Crippen molar-refractivity contribution >= 4 is 11.6 Å². The highest BCUT2D eigenvalue weighted by atomic mass is 16.2. The van der Waals surface area contributed by atoms with E-state index in [1.165, 1.54) is 0 Å². The number of nitrogens with zero attached hydrogens (tertiary/aromatic N) is 1. The standard InChI is InChI=1S/C12H17N3O/c1-9-6-7-15(8-9)12(16)10-2-4-11(14-13)5-3-10/h2-5,9,14H,6-8,13H2,1H3. The zero-order valence-corrected chi connectivity index (χ0v) is 9.44. The van der Waals surface area contributed by atoms with Gasteiger partial charge in [0.15, 0.2) is 0 Å². The molecule has 0 aromatic heterocycles. The van der Waals surface area contributed by atoms with Gasteiger partial charge in [-0.25, -0.2) is 0 Å². The van der Waals surface area contributed by atoms with E-state index in [4.69, 9.17) is 5.84 Å². The average molecular weight is 219 g/mol. The average Bonchev–Trinajstić information content (AvgIpc) is 2.75. The van der Waals surface area contributed by atoms with Gasteiger partial charge >= 0.3 is 0 Å². The second-order valence-electron chi connectivity index (χ2n) is 4.37. The van der Waals surface area contributed by atoms with Crippen molar-refractivity contribution in [3.05, 3.63) is 29.8 Å². The Morgan fingerprint density at radius 3 is 2.62 bits per heavy atom. The molecule has 0 bridgehead atoms. The third-order valence-electron chi connectivity index (χ3n) is 3.01. The quantitative estimate of drug-likeness (QED) is 0.584. The van der Waals surface area contributed by atoms with Crippen LogP contribution in [0.4, 0.5) is 5.69 Å². The molecule has 4 heteroatoms. The minimum atomic E-state index is 0.118. The smallest absolute Gasteiger partial charge is 0.253 e. The van der Waals surface area contributed by atoms with Crippen LogP contribution in [0.5, 0.6) is 0 Å². The van der Waals surface area contributed by atoms with E-state index < -0.39 is 0 Å². The number of hydrogen-bond donors (Lipinski definition) is 2. The summed E-state index contributed by atoms with van der Waals surface area (Å²) in [6, 6.07) is 7.24. The number of carbonyl (C=O) groups is 1. The number of nitrogens with one attached hydrogen (secondary N) is 1. The van der Waals surface area contributed by atoms with Crippen molar-refractivity contribution in [2.24, 2.45) is 11.8 Å². The molecule has 1 amide bonds. The van der Waals surface area contributed by atoms with E-state index in [1.807, 2.05) is 17.0 Å². The lowest BCUT2D eigenvalue weighted by molar-refractivity contribution is 0.0788. The summed E-state index contributed by atoms with van der Waals surface area (Å²) in [6.07, 6.45) is 1.11. The molecular weight excluding hydrogens is 202 g/mol. The number of hydrogen-bond acceptors (Lipinski definition) is 3. The summed E-state index contributed by atoms with van der Waals surface area (Å²) in [5.74, 6) is 6.01. The molecule has 1 aromatic carbocycles. The lowest BCUT2D eigenvalue weighted by atomic mass is 10.1. The summed E-state index contributed by atoms with van der Waals surface area (Å²) in [4.78, 5) is 14.0. The zero-order chi connectivity index (χ0) is 11.5. The third kappa shape index (κ3) is 2.17. The van der Waals surface area contributed by atoms with E-state index in [1.54, 1.807) is 12.1 Å². The van der Waals surface area contributed by atoms with Crippen LogP contribution in [-0.2, 0) is 0 Å². The van der Waals surface area contributed by atoms with Crippen LogP contribution in [0.15, 0.2) is 24.3 Å². The second-order valence-corrected chi connectivity index (χ2v) is 4.37. The molecule has 3 N–H and O–H groups in total. The summed E-state index contributed by atoms with van der Waals surface area (Å²) in [5.41, 5.74) is 4.09. The first kappa shape index (κ1) is 11.0. The number of nitrogens with two attached hydrogens (primary N) is 1. The van der Waals surface area contributed by atoms with Crippen molar-refractivity contribution in [2.75, 3.05) is 18.5 Å². The highest BCUT2D eigenvalue weighted by molar-refractivity contribution is 5.94. The van der Waals surface area contributed by atoms with Crippen molar-refractivity contribution in [2.45, 2.75) is 13.3 Å². The van der Waals surface area contributed by atoms with Gasteiger partial charge in [0, 0.05) is 24.3 Å². The SMILES string of the molecule is CC1CCN(C(=O)c2ccc(NN)cc2)C1. The van der Waals surface area contributed by atoms with Gasteiger partial charge in [0.25, 0.3) is 5.91 Å². The number of anilines is 1. The first-order valence-corrected chi connectivity index (χ1v) is 5.56. The molecule has 1 atom stereocenters. The lowest BCUT2D eigenvalue weighted by Crippen LogP contribution is -2.28. The maximum absolute atomic E-state index is 12.1. The van der Waals surface area contributed by atoms with Crippen molar-refractivity contribution in [1.82, 2.24) is 4.90 Å². The Bertz CT molecular complexity index is 374. The van der Waals surface area contributed by atoms with E-state index in [9.17, 15) is 4.79 Å². The van der Waals surface area contributed by atoms with Gasteiger partial charge in [0.2, 0.25) is 0 Å². The molecule has 4 nitrogen and oxygen atoms in total. The molecule has 0 saturated carbocycles. The van der Waals surface area contributed by atoms with Gasteiger partial charge in [-0.1, -0.05) is 6.92 Å². The van der Waals surface area contributed by atoms with Crippen molar-refractivity contribution in [1.29, 1.82) is 0 Å². The number of benzene rings is 1. The first-order valence-electron chi connectivity index (χ1n) is 5.56. The van der Waals surface area contributed by atoms with Gasteiger partial charge in [-0.05, 0) is 36.6 Å². The highest BCUT2D eigenvalue weighted by Gasteiger charge is 2.23. The Morgan fingerprint density at radius 2 is 2.12 bits per heavy atom. The monoisotopic (exact) mass is 219 g/mol. The highest BCUT2D eigenvalue weighted by Crippen LogP contribution is 2.18. The Balaban J connectivity index is 2.08. The summed E-state index contributed by atoms with van der Waals surface area (Å²) < 4.78 is 0. The summed E-state index contributed by atoms with van der Waals surface area (Å²) in [6.45, 7) is 3.92. The van der Waals surface area contributed by atoms with E-state index in [0.29, 0.717) is 5.92 Å². The molecule has 1 unspecified atom stereocenters. The van der Waals surface area contributed by atoms with Crippen LogP contribution in [0.2, 0.25) is 0 Å². The van der Waals surface area contributed by atoms with E-state index in [-0.39, 0.29) is 5.91 Å². The molecule has 0 aliphatic carbocycles. The normalized spacial score (nSPS) is 19.9. The predicted molar refractivity (Wildman–Crippen MR) is 63.9 cm³/mol. The van der Waals surface area contributed by atoms with Gasteiger partial charge in [-0.15, -0.1) is 0 Å². The number of likely N-dealkylation sites (tertiary alicyclic amines) is 1. The maximum atomic E-state index is 12.1. The fourth-order valence-electron chi connectivity index (χ4n) is 2.01. The Hall–Kier alpha value is -1.55. The van der Waals surface area contributed by atoms with Crippen molar-refractivity contribution in [3.8, 4) is 0 Å². The van der Waals surface area contributed by atoms with Crippen LogP contribution < -0.4 is 11.3 Å². The fraction of sp³-hybridized carbons (Fsp3) is 0.417. The van der Waals surface area contributed by atoms with Crippen LogP contribution in [0.3, 0.4) is 0 Å². The summed E-state index contributed by atoms with van der Waals surface area (Å²) >= 11 is 0. The molecule has 1 aliphatic heterocycles. The number of amides is 1. The van der Waals surface area contributed by atoms with Gasteiger partial charge < -0.3 is 10.3 Å². The Morgan fingerprint density at radius 1 is 1.44 bits per heavy atom. The number of hydrazine groups is 1. The van der Waals surface area contributed by atoms with Crippen LogP contribution in [-0.4, -0.2) is 23.9 Å². The molecule has 0 spiro atoms.